The van der Waals surface area contributed by atoms with Gasteiger partial charge in [-0.15, -0.1) is 0 Å². The molecule has 1 heterocycles. The number of amides is 2. The number of rotatable bonds is 7. The van der Waals surface area contributed by atoms with E-state index in [1.54, 1.807) is 36.4 Å². The van der Waals surface area contributed by atoms with Crippen LogP contribution >= 0.6 is 0 Å². The molecule has 0 saturated carbocycles. The molecule has 2 aromatic carbocycles. The molecule has 0 fully saturated rings. The molecule has 6 heteroatoms. The summed E-state index contributed by atoms with van der Waals surface area (Å²) < 4.78 is 5.52. The van der Waals surface area contributed by atoms with Gasteiger partial charge in [-0.3, -0.25) is 9.59 Å². The van der Waals surface area contributed by atoms with Gasteiger partial charge in [0, 0.05) is 0 Å². The number of hydrogen-bond acceptors (Lipinski definition) is 4. The summed E-state index contributed by atoms with van der Waals surface area (Å²) in [4.78, 5) is 29.4. The van der Waals surface area contributed by atoms with E-state index in [2.05, 4.69) is 15.6 Å². The van der Waals surface area contributed by atoms with Gasteiger partial charge in [0.25, 0.3) is 11.8 Å². The van der Waals surface area contributed by atoms with Crippen molar-refractivity contribution < 1.29 is 14.3 Å². The fourth-order valence-corrected chi connectivity index (χ4v) is 2.82. The first-order chi connectivity index (χ1) is 14.1. The van der Waals surface area contributed by atoms with Gasteiger partial charge in [0.1, 0.15) is 17.1 Å². The van der Waals surface area contributed by atoms with E-state index in [0.29, 0.717) is 18.0 Å². The van der Waals surface area contributed by atoms with E-state index in [9.17, 15) is 9.59 Å². The van der Waals surface area contributed by atoms with Crippen LogP contribution in [0.5, 0.6) is 5.75 Å². The minimum Gasteiger partial charge on any atom is -0.492 e. The number of nitrogens with one attached hydrogen (secondary N) is 2. The van der Waals surface area contributed by atoms with Crippen molar-refractivity contribution in [2.24, 2.45) is 0 Å². The zero-order valence-electron chi connectivity index (χ0n) is 16.4. The quantitative estimate of drug-likeness (QED) is 0.634. The topological polar surface area (TPSA) is 80.3 Å². The van der Waals surface area contributed by atoms with Crippen LogP contribution in [0.2, 0.25) is 0 Å². The minimum absolute atomic E-state index is 0.149. The largest absolute Gasteiger partial charge is 0.492 e. The Bertz CT molecular complexity index is 989. The van der Waals surface area contributed by atoms with Crippen LogP contribution in [0.3, 0.4) is 0 Å². The number of carbonyl (C=O) groups is 2. The van der Waals surface area contributed by atoms with E-state index < -0.39 is 5.91 Å². The molecule has 0 spiro atoms. The maximum absolute atomic E-state index is 12.6. The summed E-state index contributed by atoms with van der Waals surface area (Å²) in [6.07, 6.45) is 0. The molecule has 2 amide bonds. The van der Waals surface area contributed by atoms with Crippen LogP contribution in [0.15, 0.2) is 72.8 Å². The van der Waals surface area contributed by atoms with E-state index in [1.165, 1.54) is 0 Å². The maximum atomic E-state index is 12.6. The van der Waals surface area contributed by atoms with Gasteiger partial charge in [-0.05, 0) is 43.7 Å². The van der Waals surface area contributed by atoms with Gasteiger partial charge in [0.05, 0.1) is 18.3 Å². The lowest BCUT2D eigenvalue weighted by Gasteiger charge is -2.14. The second-order valence-corrected chi connectivity index (χ2v) is 6.40. The smallest absolute Gasteiger partial charge is 0.274 e. The Morgan fingerprint density at radius 2 is 1.55 bits per heavy atom. The van der Waals surface area contributed by atoms with Crippen molar-refractivity contribution in [1.82, 2.24) is 10.3 Å². The Labute approximate surface area is 169 Å². The number of hydrogen-bond donors (Lipinski definition) is 2. The van der Waals surface area contributed by atoms with Crippen LogP contribution < -0.4 is 15.4 Å². The highest BCUT2D eigenvalue weighted by Gasteiger charge is 2.16. The number of aromatic nitrogens is 1. The molecular weight excluding hydrogens is 366 g/mol. The summed E-state index contributed by atoms with van der Waals surface area (Å²) in [6, 6.07) is 21.4. The first-order valence-electron chi connectivity index (χ1n) is 9.44. The summed E-state index contributed by atoms with van der Waals surface area (Å²) in [7, 11) is 0. The predicted molar refractivity (Wildman–Crippen MR) is 112 cm³/mol. The summed E-state index contributed by atoms with van der Waals surface area (Å²) in [5, 5.41) is 5.69. The van der Waals surface area contributed by atoms with Crippen LogP contribution in [0.4, 0.5) is 5.69 Å². The summed E-state index contributed by atoms with van der Waals surface area (Å²) in [6.45, 7) is 4.26. The Kier molecular flexibility index (Phi) is 6.58. The first kappa shape index (κ1) is 20.1. The van der Waals surface area contributed by atoms with Crippen molar-refractivity contribution in [1.29, 1.82) is 0 Å². The van der Waals surface area contributed by atoms with Crippen LogP contribution in [-0.2, 0) is 0 Å². The number of carbonyl (C=O) groups excluding carboxylic acids is 2. The van der Waals surface area contributed by atoms with E-state index in [0.717, 1.165) is 5.56 Å². The van der Waals surface area contributed by atoms with Crippen molar-refractivity contribution in [3.05, 3.63) is 89.7 Å². The fourth-order valence-electron chi connectivity index (χ4n) is 2.82. The van der Waals surface area contributed by atoms with Crippen molar-refractivity contribution >= 4 is 17.5 Å². The molecule has 3 aromatic rings. The van der Waals surface area contributed by atoms with Gasteiger partial charge in [0.15, 0.2) is 0 Å². The lowest BCUT2D eigenvalue weighted by atomic mass is 10.1. The minimum atomic E-state index is -0.414. The highest BCUT2D eigenvalue weighted by atomic mass is 16.5. The van der Waals surface area contributed by atoms with Crippen molar-refractivity contribution in [2.75, 3.05) is 11.9 Å². The fraction of sp³-hybridized carbons (Fsp3) is 0.174. The number of anilines is 1. The molecule has 148 valence electrons. The average molecular weight is 389 g/mol. The number of benzene rings is 2. The molecule has 2 N–H and O–H groups in total. The Hall–Kier alpha value is -3.67. The van der Waals surface area contributed by atoms with Gasteiger partial charge in [-0.25, -0.2) is 4.98 Å². The molecule has 6 nitrogen and oxygen atoms in total. The molecule has 1 aromatic heterocycles. The number of ether oxygens (including phenoxy) is 1. The summed E-state index contributed by atoms with van der Waals surface area (Å²) >= 11 is 0. The molecule has 1 atom stereocenters. The maximum Gasteiger partial charge on any atom is 0.274 e. The molecule has 0 radical (unpaired) electrons. The number of para-hydroxylation sites is 2. The monoisotopic (exact) mass is 389 g/mol. The summed E-state index contributed by atoms with van der Waals surface area (Å²) in [5.41, 5.74) is 1.87. The van der Waals surface area contributed by atoms with Gasteiger partial charge >= 0.3 is 0 Å². The zero-order chi connectivity index (χ0) is 20.6. The average Bonchev–Trinajstić information content (AvgIpc) is 2.76. The highest BCUT2D eigenvalue weighted by molar-refractivity contribution is 6.04. The molecule has 0 bridgehead atoms. The molecule has 0 saturated heterocycles. The molecule has 0 aliphatic carbocycles. The van der Waals surface area contributed by atoms with Crippen molar-refractivity contribution in [3.63, 3.8) is 0 Å². The Morgan fingerprint density at radius 1 is 0.897 bits per heavy atom. The van der Waals surface area contributed by atoms with Crippen LogP contribution in [0.25, 0.3) is 0 Å². The number of pyridine rings is 1. The Morgan fingerprint density at radius 3 is 2.28 bits per heavy atom. The van der Waals surface area contributed by atoms with Crippen LogP contribution in [-0.4, -0.2) is 23.4 Å². The predicted octanol–water partition coefficient (Wildman–Crippen LogP) is 4.22. The van der Waals surface area contributed by atoms with E-state index in [4.69, 9.17) is 4.74 Å². The van der Waals surface area contributed by atoms with Gasteiger partial charge in [-0.2, -0.15) is 0 Å². The van der Waals surface area contributed by atoms with E-state index in [1.807, 2.05) is 50.2 Å². The third-order valence-corrected chi connectivity index (χ3v) is 4.30. The molecule has 29 heavy (non-hydrogen) atoms. The molecule has 3 rings (SSSR count). The van der Waals surface area contributed by atoms with Crippen LogP contribution in [0, 0.1) is 0 Å². The third-order valence-electron chi connectivity index (χ3n) is 4.30. The normalized spacial score (nSPS) is 11.4. The lowest BCUT2D eigenvalue weighted by Crippen LogP contribution is -2.28. The first-order valence-corrected chi connectivity index (χ1v) is 9.44. The molecule has 1 unspecified atom stereocenters. The standard InChI is InChI=1S/C23H23N3O3/c1-3-29-21-15-8-7-12-18(21)26-23(28)20-14-9-13-19(25-20)22(27)24-16(2)17-10-5-4-6-11-17/h4-16H,3H2,1-2H3,(H,24,27)(H,26,28). The Balaban J connectivity index is 1.72. The van der Waals surface area contributed by atoms with Gasteiger partial charge in [0.2, 0.25) is 0 Å². The van der Waals surface area contributed by atoms with E-state index >= 15 is 0 Å². The highest BCUT2D eigenvalue weighted by Crippen LogP contribution is 2.24. The van der Waals surface area contributed by atoms with Crippen LogP contribution in [0.1, 0.15) is 46.4 Å². The SMILES string of the molecule is CCOc1ccccc1NC(=O)c1cccc(C(=O)NC(C)c2ccccc2)n1. The van der Waals surface area contributed by atoms with Gasteiger partial charge < -0.3 is 15.4 Å². The molecule has 0 aliphatic rings. The van der Waals surface area contributed by atoms with Crippen molar-refractivity contribution in [3.8, 4) is 5.75 Å². The zero-order valence-corrected chi connectivity index (χ0v) is 16.4. The second-order valence-electron chi connectivity index (χ2n) is 6.40. The summed E-state index contributed by atoms with van der Waals surface area (Å²) in [5.74, 6) is -0.178. The van der Waals surface area contributed by atoms with Crippen molar-refractivity contribution in [2.45, 2.75) is 19.9 Å². The molecular formula is C23H23N3O3. The third kappa shape index (κ3) is 5.19. The molecule has 0 aliphatic heterocycles. The van der Waals surface area contributed by atoms with Gasteiger partial charge in [-0.1, -0.05) is 48.5 Å². The second kappa shape index (κ2) is 9.50. The lowest BCUT2D eigenvalue weighted by molar-refractivity contribution is 0.0934. The van der Waals surface area contributed by atoms with E-state index in [-0.39, 0.29) is 23.3 Å². The number of nitrogens with zero attached hydrogens (tertiary/aromatic N) is 1.